The van der Waals surface area contributed by atoms with E-state index in [2.05, 4.69) is 25.6 Å². The number of hydrogen-bond donors (Lipinski definition) is 3. The summed E-state index contributed by atoms with van der Waals surface area (Å²) in [6.45, 7) is 5.77. The van der Waals surface area contributed by atoms with Crippen LogP contribution in [0.4, 0.5) is 17.2 Å². The number of nitrogens with two attached hydrogens (primary N) is 1. The fraction of sp³-hybridized carbons (Fsp3) is 0.167. The number of anilines is 3. The second-order valence-electron chi connectivity index (χ2n) is 8.14. The molecule has 0 aliphatic rings. The second kappa shape index (κ2) is 8.53. The van der Waals surface area contributed by atoms with Crippen molar-refractivity contribution < 1.29 is 4.79 Å². The van der Waals surface area contributed by atoms with Gasteiger partial charge < -0.3 is 16.4 Å². The monoisotopic (exact) mass is 446 g/mol. The summed E-state index contributed by atoms with van der Waals surface area (Å²) in [6.07, 6.45) is 1.47. The zero-order valence-corrected chi connectivity index (χ0v) is 18.7. The summed E-state index contributed by atoms with van der Waals surface area (Å²) in [4.78, 5) is 25.7. The fourth-order valence-corrected chi connectivity index (χ4v) is 3.38. The average Bonchev–Trinajstić information content (AvgIpc) is 2.76. The number of aromatic nitrogens is 3. The Bertz CT molecular complexity index is 1320. The van der Waals surface area contributed by atoms with E-state index in [-0.39, 0.29) is 5.91 Å². The first-order chi connectivity index (χ1) is 15.2. The minimum atomic E-state index is -0.533. The molecule has 0 atom stereocenters. The minimum absolute atomic E-state index is 0.216. The molecule has 32 heavy (non-hydrogen) atoms. The zero-order chi connectivity index (χ0) is 22.9. The van der Waals surface area contributed by atoms with E-state index < -0.39 is 5.54 Å². The fourth-order valence-electron chi connectivity index (χ4n) is 3.23. The zero-order valence-electron chi connectivity index (χ0n) is 18.0. The minimum Gasteiger partial charge on any atom is -0.338 e. The molecule has 0 bridgehead atoms. The molecular formula is C24H23ClN6O. The highest BCUT2D eigenvalue weighted by atomic mass is 35.5. The molecule has 2 aromatic heterocycles. The van der Waals surface area contributed by atoms with E-state index in [9.17, 15) is 4.79 Å². The Morgan fingerprint density at radius 2 is 1.88 bits per heavy atom. The number of rotatable bonds is 5. The third kappa shape index (κ3) is 4.69. The van der Waals surface area contributed by atoms with Gasteiger partial charge in [0.05, 0.1) is 5.52 Å². The molecule has 0 spiro atoms. The summed E-state index contributed by atoms with van der Waals surface area (Å²) in [5, 5.41) is 6.59. The number of carbonyl (C=O) groups excluding carboxylic acids is 1. The van der Waals surface area contributed by atoms with Gasteiger partial charge in [-0.2, -0.15) is 0 Å². The third-order valence-corrected chi connectivity index (χ3v) is 5.28. The quantitative estimate of drug-likeness (QED) is 0.365. The number of amides is 1. The molecular weight excluding hydrogens is 424 g/mol. The van der Waals surface area contributed by atoms with Crippen LogP contribution in [0.25, 0.3) is 11.0 Å². The van der Waals surface area contributed by atoms with Gasteiger partial charge in [0, 0.05) is 22.5 Å². The van der Waals surface area contributed by atoms with Gasteiger partial charge in [-0.1, -0.05) is 29.8 Å². The number of benzene rings is 2. The van der Waals surface area contributed by atoms with Crippen LogP contribution in [0, 0.1) is 6.92 Å². The van der Waals surface area contributed by atoms with Crippen LogP contribution >= 0.6 is 11.6 Å². The van der Waals surface area contributed by atoms with Crippen molar-refractivity contribution in [2.45, 2.75) is 26.3 Å². The van der Waals surface area contributed by atoms with Crippen molar-refractivity contribution in [2.24, 2.45) is 5.73 Å². The molecule has 0 saturated heterocycles. The van der Waals surface area contributed by atoms with Crippen molar-refractivity contribution in [1.82, 2.24) is 15.0 Å². The van der Waals surface area contributed by atoms with Crippen LogP contribution in [-0.4, -0.2) is 20.9 Å². The number of fused-ring (bicyclic) bond motifs is 1. The topological polar surface area (TPSA) is 106 Å². The van der Waals surface area contributed by atoms with Gasteiger partial charge in [0.25, 0.3) is 5.91 Å². The van der Waals surface area contributed by atoms with Crippen molar-refractivity contribution in [3.05, 3.63) is 82.8 Å². The molecule has 7 nitrogen and oxygen atoms in total. The first kappa shape index (κ1) is 21.7. The Labute approximate surface area is 191 Å². The smallest absolute Gasteiger partial charge is 0.255 e. The molecule has 4 aromatic rings. The molecule has 0 radical (unpaired) electrons. The van der Waals surface area contributed by atoms with Crippen molar-refractivity contribution in [3.8, 4) is 0 Å². The Morgan fingerprint density at radius 1 is 1.06 bits per heavy atom. The van der Waals surface area contributed by atoms with E-state index >= 15 is 0 Å². The largest absolute Gasteiger partial charge is 0.338 e. The molecule has 2 aromatic carbocycles. The molecule has 4 rings (SSSR count). The molecule has 4 N–H and O–H groups in total. The first-order valence-electron chi connectivity index (χ1n) is 10.1. The van der Waals surface area contributed by atoms with Gasteiger partial charge in [-0.3, -0.25) is 4.79 Å². The Morgan fingerprint density at radius 3 is 2.66 bits per heavy atom. The van der Waals surface area contributed by atoms with Gasteiger partial charge in [-0.15, -0.1) is 0 Å². The predicted octanol–water partition coefficient (Wildman–Crippen LogP) is 5.18. The van der Waals surface area contributed by atoms with Crippen LogP contribution in [0.5, 0.6) is 0 Å². The summed E-state index contributed by atoms with van der Waals surface area (Å²) >= 11 is 6.06. The van der Waals surface area contributed by atoms with Crippen LogP contribution in [0.15, 0.2) is 60.9 Å². The van der Waals surface area contributed by atoms with E-state index in [0.717, 1.165) is 16.8 Å². The normalized spacial score (nSPS) is 11.4. The number of nitrogens with one attached hydrogen (secondary N) is 2. The average molecular weight is 447 g/mol. The van der Waals surface area contributed by atoms with Gasteiger partial charge >= 0.3 is 0 Å². The molecule has 0 aliphatic carbocycles. The number of carbonyl (C=O) groups is 1. The van der Waals surface area contributed by atoms with Crippen LogP contribution < -0.4 is 16.4 Å². The SMILES string of the molecule is Cc1ccc(NC(=O)c2cccc(C(C)(C)N)c2)cc1Nc1ncnc2ccc(Cl)nc12. The lowest BCUT2D eigenvalue weighted by molar-refractivity contribution is 0.102. The lowest BCUT2D eigenvalue weighted by atomic mass is 9.94. The first-order valence-corrected chi connectivity index (χ1v) is 10.4. The van der Waals surface area contributed by atoms with Crippen LogP contribution in [0.1, 0.15) is 35.3 Å². The molecule has 2 heterocycles. The number of pyridine rings is 1. The Balaban J connectivity index is 1.60. The van der Waals surface area contributed by atoms with Crippen LogP contribution in [0.2, 0.25) is 5.15 Å². The highest BCUT2D eigenvalue weighted by Crippen LogP contribution is 2.27. The van der Waals surface area contributed by atoms with E-state index in [1.807, 2.05) is 57.2 Å². The molecule has 0 aliphatic heterocycles. The maximum atomic E-state index is 12.8. The predicted molar refractivity (Wildman–Crippen MR) is 128 cm³/mol. The highest BCUT2D eigenvalue weighted by molar-refractivity contribution is 6.29. The Kier molecular flexibility index (Phi) is 5.78. The van der Waals surface area contributed by atoms with Crippen molar-refractivity contribution in [3.63, 3.8) is 0 Å². The van der Waals surface area contributed by atoms with E-state index in [0.29, 0.717) is 33.3 Å². The summed E-state index contributed by atoms with van der Waals surface area (Å²) in [5.74, 6) is 0.314. The lowest BCUT2D eigenvalue weighted by Gasteiger charge is -2.19. The lowest BCUT2D eigenvalue weighted by Crippen LogP contribution is -2.29. The molecule has 0 saturated carbocycles. The number of nitrogens with zero attached hydrogens (tertiary/aromatic N) is 3. The maximum absolute atomic E-state index is 12.8. The molecule has 162 valence electrons. The molecule has 8 heteroatoms. The van der Waals surface area contributed by atoms with Crippen molar-refractivity contribution in [1.29, 1.82) is 0 Å². The Hall–Kier alpha value is -3.55. The van der Waals surface area contributed by atoms with Crippen LogP contribution in [0.3, 0.4) is 0 Å². The van der Waals surface area contributed by atoms with Gasteiger partial charge in [0.15, 0.2) is 5.82 Å². The summed E-state index contributed by atoms with van der Waals surface area (Å²) in [6, 6.07) is 16.4. The summed E-state index contributed by atoms with van der Waals surface area (Å²) in [7, 11) is 0. The second-order valence-corrected chi connectivity index (χ2v) is 8.52. The number of hydrogen-bond acceptors (Lipinski definition) is 6. The van der Waals surface area contributed by atoms with Crippen molar-refractivity contribution >= 4 is 45.7 Å². The molecule has 0 fully saturated rings. The standard InChI is InChI=1S/C24H23ClN6O/c1-14-7-8-17(29-23(32)15-5-4-6-16(11-15)24(2,3)26)12-19(14)30-22-21-18(27-13-28-22)9-10-20(25)31-21/h4-13H,26H2,1-3H3,(H,29,32)(H,27,28,30). The van der Waals surface area contributed by atoms with Gasteiger partial charge in [-0.05, 0) is 68.3 Å². The van der Waals surface area contributed by atoms with Gasteiger partial charge in [-0.25, -0.2) is 15.0 Å². The molecule has 1 amide bonds. The van der Waals surface area contributed by atoms with E-state index in [4.69, 9.17) is 17.3 Å². The number of halogens is 1. The number of aryl methyl sites for hydroxylation is 1. The molecule has 0 unspecified atom stereocenters. The summed E-state index contributed by atoms with van der Waals surface area (Å²) in [5.41, 5.74) is 10.7. The van der Waals surface area contributed by atoms with Crippen LogP contribution in [-0.2, 0) is 5.54 Å². The third-order valence-electron chi connectivity index (χ3n) is 5.07. The summed E-state index contributed by atoms with van der Waals surface area (Å²) < 4.78 is 0. The van der Waals surface area contributed by atoms with Gasteiger partial charge in [0.1, 0.15) is 17.0 Å². The highest BCUT2D eigenvalue weighted by Gasteiger charge is 2.16. The maximum Gasteiger partial charge on any atom is 0.255 e. The van der Waals surface area contributed by atoms with Crippen molar-refractivity contribution in [2.75, 3.05) is 10.6 Å². The van der Waals surface area contributed by atoms with E-state index in [1.54, 1.807) is 18.2 Å². The van der Waals surface area contributed by atoms with Gasteiger partial charge in [0.2, 0.25) is 0 Å². The van der Waals surface area contributed by atoms with E-state index in [1.165, 1.54) is 6.33 Å².